The second kappa shape index (κ2) is 9.28. The lowest BCUT2D eigenvalue weighted by Gasteiger charge is -2.18. The van der Waals surface area contributed by atoms with E-state index in [1.165, 1.54) is 13.1 Å². The van der Waals surface area contributed by atoms with Gasteiger partial charge in [0.2, 0.25) is 5.91 Å². The van der Waals surface area contributed by atoms with Gasteiger partial charge in [-0.2, -0.15) is 0 Å². The lowest BCUT2D eigenvalue weighted by atomic mass is 10.0. The number of amides is 2. The van der Waals surface area contributed by atoms with Crippen LogP contribution in [0.1, 0.15) is 29.8 Å². The van der Waals surface area contributed by atoms with Gasteiger partial charge in [-0.1, -0.05) is 23.7 Å². The number of hydrogen-bond donors (Lipinski definition) is 3. The molecule has 1 atom stereocenters. The van der Waals surface area contributed by atoms with E-state index in [-0.39, 0.29) is 12.0 Å². The molecule has 0 heterocycles. The maximum Gasteiger partial charge on any atom is 0.251 e. The zero-order valence-corrected chi connectivity index (χ0v) is 16.3. The summed E-state index contributed by atoms with van der Waals surface area (Å²) in [6.07, 6.45) is 0.313. The van der Waals surface area contributed by atoms with E-state index in [4.69, 9.17) is 22.1 Å². The molecule has 0 bridgehead atoms. The molecule has 0 saturated carbocycles. The van der Waals surface area contributed by atoms with Gasteiger partial charge >= 0.3 is 0 Å². The van der Waals surface area contributed by atoms with Crippen molar-refractivity contribution in [1.82, 2.24) is 10.6 Å². The highest BCUT2D eigenvalue weighted by Crippen LogP contribution is 2.26. The van der Waals surface area contributed by atoms with E-state index in [1.54, 1.807) is 24.3 Å². The molecule has 2 amide bonds. The number of nitrogen functional groups attached to an aromatic ring is 1. The molecular formula is C20H24ClN3O3. The second-order valence-corrected chi connectivity index (χ2v) is 6.81. The Morgan fingerprint density at radius 2 is 1.81 bits per heavy atom. The molecule has 0 radical (unpaired) electrons. The molecule has 6 nitrogen and oxygen atoms in total. The fourth-order valence-electron chi connectivity index (χ4n) is 2.51. The van der Waals surface area contributed by atoms with Crippen LogP contribution in [-0.4, -0.2) is 31.0 Å². The predicted molar refractivity (Wildman–Crippen MR) is 107 cm³/mol. The Bertz CT molecular complexity index is 807. The van der Waals surface area contributed by atoms with E-state index in [0.717, 1.165) is 5.56 Å². The summed E-state index contributed by atoms with van der Waals surface area (Å²) in [4.78, 5) is 24.8. The molecule has 0 fully saturated rings. The minimum absolute atomic E-state index is 0.0280. The quantitative estimate of drug-likeness (QED) is 0.635. The summed E-state index contributed by atoms with van der Waals surface area (Å²) in [5, 5.41) is 5.66. The van der Waals surface area contributed by atoms with Gasteiger partial charge < -0.3 is 21.1 Å². The summed E-state index contributed by atoms with van der Waals surface area (Å²) >= 11 is 6.19. The third-order valence-electron chi connectivity index (χ3n) is 3.84. The molecule has 7 heteroatoms. The number of likely N-dealkylation sites (N-methyl/N-ethyl adjacent to an activating group) is 1. The number of anilines is 1. The largest absolute Gasteiger partial charge is 0.489 e. The van der Waals surface area contributed by atoms with Crippen molar-refractivity contribution >= 4 is 29.1 Å². The third kappa shape index (κ3) is 5.89. The number of carbonyl (C=O) groups excluding carboxylic acids is 2. The SMILES string of the molecule is CNC(=O)C(Cc1ccc(N)cc1)NC(=O)c1ccc(OC(C)C)c(Cl)c1. The van der Waals surface area contributed by atoms with Crippen molar-refractivity contribution in [2.75, 3.05) is 12.8 Å². The first-order chi connectivity index (χ1) is 12.8. The minimum atomic E-state index is -0.725. The first-order valence-electron chi connectivity index (χ1n) is 8.63. The van der Waals surface area contributed by atoms with Gasteiger partial charge in [0.15, 0.2) is 0 Å². The van der Waals surface area contributed by atoms with Crippen molar-refractivity contribution in [1.29, 1.82) is 0 Å². The number of halogens is 1. The van der Waals surface area contributed by atoms with Crippen LogP contribution in [0.15, 0.2) is 42.5 Å². The fraction of sp³-hybridized carbons (Fsp3) is 0.300. The van der Waals surface area contributed by atoms with Crippen LogP contribution in [0.5, 0.6) is 5.75 Å². The average Bonchev–Trinajstić information content (AvgIpc) is 2.63. The normalized spacial score (nSPS) is 11.7. The van der Waals surface area contributed by atoms with Crippen LogP contribution in [0.25, 0.3) is 0 Å². The van der Waals surface area contributed by atoms with E-state index < -0.39 is 11.9 Å². The van der Waals surface area contributed by atoms with Crippen LogP contribution < -0.4 is 21.1 Å². The van der Waals surface area contributed by atoms with Crippen LogP contribution in [0.3, 0.4) is 0 Å². The summed E-state index contributed by atoms with van der Waals surface area (Å²) < 4.78 is 5.57. The zero-order chi connectivity index (χ0) is 20.0. The first kappa shape index (κ1) is 20.6. The lowest BCUT2D eigenvalue weighted by Crippen LogP contribution is -2.47. The summed E-state index contributed by atoms with van der Waals surface area (Å²) in [6, 6.07) is 11.2. The van der Waals surface area contributed by atoms with Gasteiger partial charge in [0.1, 0.15) is 11.8 Å². The number of nitrogens with two attached hydrogens (primary N) is 1. The number of hydrogen-bond acceptors (Lipinski definition) is 4. The van der Waals surface area contributed by atoms with E-state index in [2.05, 4.69) is 10.6 Å². The highest BCUT2D eigenvalue weighted by atomic mass is 35.5. The monoisotopic (exact) mass is 389 g/mol. The number of benzene rings is 2. The van der Waals surface area contributed by atoms with Crippen LogP contribution >= 0.6 is 11.6 Å². The molecule has 0 aromatic heterocycles. The van der Waals surface area contributed by atoms with Crippen molar-refractivity contribution in [3.63, 3.8) is 0 Å². The Kier molecular flexibility index (Phi) is 7.07. The Morgan fingerprint density at radius 3 is 2.37 bits per heavy atom. The van der Waals surface area contributed by atoms with Gasteiger partial charge in [0.25, 0.3) is 5.91 Å². The van der Waals surface area contributed by atoms with Crippen molar-refractivity contribution in [3.8, 4) is 5.75 Å². The Hall–Kier alpha value is -2.73. The van der Waals surface area contributed by atoms with Gasteiger partial charge in [0, 0.05) is 24.7 Å². The predicted octanol–water partition coefficient (Wildman–Crippen LogP) is 2.80. The molecule has 144 valence electrons. The number of carbonyl (C=O) groups is 2. The minimum Gasteiger partial charge on any atom is -0.489 e. The molecule has 27 heavy (non-hydrogen) atoms. The standard InChI is InChI=1S/C20H24ClN3O3/c1-12(2)27-18-9-6-14(11-16(18)21)19(25)24-17(20(26)23-3)10-13-4-7-15(22)8-5-13/h4-9,11-12,17H,10,22H2,1-3H3,(H,23,26)(H,24,25). The van der Waals surface area contributed by atoms with Crippen LogP contribution in [0, 0.1) is 0 Å². The molecule has 2 aromatic rings. The Morgan fingerprint density at radius 1 is 1.15 bits per heavy atom. The lowest BCUT2D eigenvalue weighted by molar-refractivity contribution is -0.122. The maximum absolute atomic E-state index is 12.6. The molecule has 0 aliphatic rings. The number of rotatable bonds is 7. The Labute approximate surface area is 164 Å². The van der Waals surface area contributed by atoms with Crippen LogP contribution in [-0.2, 0) is 11.2 Å². The summed E-state index contributed by atoms with van der Waals surface area (Å²) in [7, 11) is 1.53. The fourth-order valence-corrected chi connectivity index (χ4v) is 2.73. The third-order valence-corrected chi connectivity index (χ3v) is 4.14. The summed E-state index contributed by atoms with van der Waals surface area (Å²) in [5.74, 6) is -0.170. The van der Waals surface area contributed by atoms with Crippen molar-refractivity contribution in [2.24, 2.45) is 0 Å². The van der Waals surface area contributed by atoms with Crippen molar-refractivity contribution in [3.05, 3.63) is 58.6 Å². The molecular weight excluding hydrogens is 366 g/mol. The molecule has 1 unspecified atom stereocenters. The molecule has 4 N–H and O–H groups in total. The number of ether oxygens (including phenoxy) is 1. The van der Waals surface area contributed by atoms with E-state index >= 15 is 0 Å². The van der Waals surface area contributed by atoms with Crippen molar-refractivity contribution in [2.45, 2.75) is 32.4 Å². The second-order valence-electron chi connectivity index (χ2n) is 6.40. The molecule has 0 aliphatic carbocycles. The Balaban J connectivity index is 2.14. The highest BCUT2D eigenvalue weighted by Gasteiger charge is 2.21. The molecule has 0 saturated heterocycles. The summed E-state index contributed by atoms with van der Waals surface area (Å²) in [5.41, 5.74) is 7.56. The smallest absolute Gasteiger partial charge is 0.251 e. The first-order valence-corrected chi connectivity index (χ1v) is 9.01. The molecule has 2 aromatic carbocycles. The van der Waals surface area contributed by atoms with E-state index in [9.17, 15) is 9.59 Å². The molecule has 2 rings (SSSR count). The van der Waals surface area contributed by atoms with Crippen LogP contribution in [0.4, 0.5) is 5.69 Å². The van der Waals surface area contributed by atoms with Gasteiger partial charge in [-0.05, 0) is 49.7 Å². The van der Waals surface area contributed by atoms with E-state index in [0.29, 0.717) is 28.4 Å². The molecule has 0 aliphatic heterocycles. The topological polar surface area (TPSA) is 93.5 Å². The summed E-state index contributed by atoms with van der Waals surface area (Å²) in [6.45, 7) is 3.78. The molecule has 0 spiro atoms. The number of nitrogens with one attached hydrogen (secondary N) is 2. The van der Waals surface area contributed by atoms with Gasteiger partial charge in [0.05, 0.1) is 11.1 Å². The van der Waals surface area contributed by atoms with Gasteiger partial charge in [-0.25, -0.2) is 0 Å². The van der Waals surface area contributed by atoms with Crippen LogP contribution in [0.2, 0.25) is 5.02 Å². The highest BCUT2D eigenvalue weighted by molar-refractivity contribution is 6.32. The average molecular weight is 390 g/mol. The maximum atomic E-state index is 12.6. The zero-order valence-electron chi connectivity index (χ0n) is 15.6. The van der Waals surface area contributed by atoms with E-state index in [1.807, 2.05) is 26.0 Å². The van der Waals surface area contributed by atoms with Gasteiger partial charge in [-0.3, -0.25) is 9.59 Å². The van der Waals surface area contributed by atoms with Crippen molar-refractivity contribution < 1.29 is 14.3 Å². The van der Waals surface area contributed by atoms with Gasteiger partial charge in [-0.15, -0.1) is 0 Å².